The van der Waals surface area contributed by atoms with Gasteiger partial charge < -0.3 is 10.2 Å². The third kappa shape index (κ3) is 7.55. The van der Waals surface area contributed by atoms with Crippen LogP contribution in [0.15, 0.2) is 77.7 Å². The molecule has 2 amide bonds. The number of amides is 2. The summed E-state index contributed by atoms with van der Waals surface area (Å²) in [4.78, 5) is 29.1. The molecule has 1 fully saturated rings. The standard InChI is InChI=1S/C30H32Cl3N3O4S/c1-2-27(30(38)34-23-11-7-8-12-23)35(19-21-10-6-9-15-25(21)32)29(37)20-36(28-18-22(31)16-17-26(28)33)41(39,40)24-13-4-3-5-14-24/h3-6,9-10,13-18,23,27H,2,7-8,11-12,19-20H2,1H3,(H,34,38)/t27-/m1/s1. The van der Waals surface area contributed by atoms with Gasteiger partial charge in [-0.3, -0.25) is 13.9 Å². The Morgan fingerprint density at radius 1 is 0.927 bits per heavy atom. The maximum Gasteiger partial charge on any atom is 0.264 e. The molecule has 0 aromatic heterocycles. The number of benzene rings is 3. The number of halogens is 3. The van der Waals surface area contributed by atoms with E-state index in [1.807, 2.05) is 6.92 Å². The number of sulfonamides is 1. The van der Waals surface area contributed by atoms with E-state index >= 15 is 0 Å². The third-order valence-electron chi connectivity index (χ3n) is 7.17. The van der Waals surface area contributed by atoms with E-state index in [4.69, 9.17) is 34.8 Å². The number of hydrogen-bond donors (Lipinski definition) is 1. The second-order valence-electron chi connectivity index (χ2n) is 9.95. The van der Waals surface area contributed by atoms with Crippen LogP contribution in [0.25, 0.3) is 0 Å². The SMILES string of the molecule is CC[C@H](C(=O)NC1CCCC1)N(Cc1ccccc1Cl)C(=O)CN(c1cc(Cl)ccc1Cl)S(=O)(=O)c1ccccc1. The van der Waals surface area contributed by atoms with Crippen molar-refractivity contribution in [1.29, 1.82) is 0 Å². The van der Waals surface area contributed by atoms with Crippen LogP contribution in [0.4, 0.5) is 5.69 Å². The lowest BCUT2D eigenvalue weighted by Crippen LogP contribution is -2.53. The molecule has 0 aliphatic heterocycles. The van der Waals surface area contributed by atoms with Crippen molar-refractivity contribution in [3.8, 4) is 0 Å². The summed E-state index contributed by atoms with van der Waals surface area (Å²) in [6, 6.07) is 18.4. The number of nitrogens with one attached hydrogen (secondary N) is 1. The zero-order chi connectivity index (χ0) is 29.6. The van der Waals surface area contributed by atoms with E-state index in [0.29, 0.717) is 17.0 Å². The Kier molecular flexibility index (Phi) is 10.6. The van der Waals surface area contributed by atoms with Crippen LogP contribution < -0.4 is 9.62 Å². The average Bonchev–Trinajstić information content (AvgIpc) is 3.47. The largest absolute Gasteiger partial charge is 0.352 e. The molecule has 0 spiro atoms. The highest BCUT2D eigenvalue weighted by Gasteiger charge is 2.35. The minimum Gasteiger partial charge on any atom is -0.352 e. The quantitative estimate of drug-likeness (QED) is 0.254. The molecule has 3 aromatic carbocycles. The minimum absolute atomic E-state index is 0.0115. The van der Waals surface area contributed by atoms with Crippen molar-refractivity contribution in [1.82, 2.24) is 10.2 Å². The van der Waals surface area contributed by atoms with E-state index in [1.54, 1.807) is 42.5 Å². The first-order chi connectivity index (χ1) is 19.6. The van der Waals surface area contributed by atoms with E-state index in [1.165, 1.54) is 35.2 Å². The molecule has 218 valence electrons. The second-order valence-corrected chi connectivity index (χ2v) is 13.1. The van der Waals surface area contributed by atoms with Crippen LogP contribution in [0, 0.1) is 0 Å². The summed E-state index contributed by atoms with van der Waals surface area (Å²) in [5.41, 5.74) is 0.686. The van der Waals surface area contributed by atoms with Gasteiger partial charge in [-0.05, 0) is 61.2 Å². The fraction of sp³-hybridized carbons (Fsp3) is 0.333. The van der Waals surface area contributed by atoms with Gasteiger partial charge in [0, 0.05) is 22.6 Å². The van der Waals surface area contributed by atoms with E-state index in [0.717, 1.165) is 30.0 Å². The molecule has 0 saturated heterocycles. The molecule has 7 nitrogen and oxygen atoms in total. The number of rotatable bonds is 11. The van der Waals surface area contributed by atoms with Crippen molar-refractivity contribution < 1.29 is 18.0 Å². The third-order valence-corrected chi connectivity index (χ3v) is 9.87. The lowest BCUT2D eigenvalue weighted by molar-refractivity contribution is -0.140. The Bertz CT molecular complexity index is 1480. The van der Waals surface area contributed by atoms with Crippen LogP contribution in [0.2, 0.25) is 15.1 Å². The normalized spacial score (nSPS) is 14.4. The molecule has 0 unspecified atom stereocenters. The Balaban J connectivity index is 1.75. The van der Waals surface area contributed by atoms with E-state index in [2.05, 4.69) is 5.32 Å². The molecule has 0 radical (unpaired) electrons. The first kappa shape index (κ1) is 31.2. The van der Waals surface area contributed by atoms with E-state index in [-0.39, 0.29) is 39.1 Å². The molecule has 1 atom stereocenters. The van der Waals surface area contributed by atoms with Crippen molar-refractivity contribution in [2.24, 2.45) is 0 Å². The van der Waals surface area contributed by atoms with Crippen LogP contribution in [0.1, 0.15) is 44.6 Å². The zero-order valence-electron chi connectivity index (χ0n) is 22.6. The molecular formula is C30H32Cl3N3O4S. The molecule has 1 aliphatic rings. The van der Waals surface area contributed by atoms with Gasteiger partial charge in [0.1, 0.15) is 12.6 Å². The van der Waals surface area contributed by atoms with Crippen LogP contribution >= 0.6 is 34.8 Å². The average molecular weight is 637 g/mol. The van der Waals surface area contributed by atoms with Gasteiger partial charge in [-0.2, -0.15) is 0 Å². The lowest BCUT2D eigenvalue weighted by atomic mass is 10.1. The predicted molar refractivity (Wildman–Crippen MR) is 164 cm³/mol. The first-order valence-electron chi connectivity index (χ1n) is 13.5. The highest BCUT2D eigenvalue weighted by atomic mass is 35.5. The van der Waals surface area contributed by atoms with Crippen molar-refractivity contribution in [3.05, 3.63) is 93.4 Å². The van der Waals surface area contributed by atoms with Gasteiger partial charge in [0.25, 0.3) is 10.0 Å². The highest BCUT2D eigenvalue weighted by molar-refractivity contribution is 7.92. The summed E-state index contributed by atoms with van der Waals surface area (Å²) < 4.78 is 28.8. The number of carbonyl (C=O) groups is 2. The second kappa shape index (κ2) is 13.9. The van der Waals surface area contributed by atoms with Gasteiger partial charge in [-0.25, -0.2) is 8.42 Å². The number of hydrogen-bond acceptors (Lipinski definition) is 4. The first-order valence-corrected chi connectivity index (χ1v) is 16.0. The molecule has 3 aromatic rings. The van der Waals surface area contributed by atoms with Gasteiger partial charge >= 0.3 is 0 Å². The van der Waals surface area contributed by atoms with Gasteiger partial charge in [-0.15, -0.1) is 0 Å². The van der Waals surface area contributed by atoms with Crippen LogP contribution in [-0.2, 0) is 26.2 Å². The van der Waals surface area contributed by atoms with Crippen LogP contribution in [0.3, 0.4) is 0 Å². The van der Waals surface area contributed by atoms with Gasteiger partial charge in [0.05, 0.1) is 15.6 Å². The fourth-order valence-electron chi connectivity index (χ4n) is 5.01. The Labute approximate surface area is 256 Å². The van der Waals surface area contributed by atoms with E-state index < -0.39 is 28.5 Å². The topological polar surface area (TPSA) is 86.8 Å². The number of carbonyl (C=O) groups excluding carboxylic acids is 2. The highest BCUT2D eigenvalue weighted by Crippen LogP contribution is 2.33. The number of nitrogens with zero attached hydrogens (tertiary/aromatic N) is 2. The molecule has 11 heteroatoms. The Morgan fingerprint density at radius 3 is 2.24 bits per heavy atom. The van der Waals surface area contributed by atoms with Crippen molar-refractivity contribution >= 4 is 62.3 Å². The molecule has 4 rings (SSSR count). The van der Waals surface area contributed by atoms with Crippen molar-refractivity contribution in [2.45, 2.75) is 62.6 Å². The fourth-order valence-corrected chi connectivity index (χ4v) is 7.08. The molecular weight excluding hydrogens is 605 g/mol. The Hall–Kier alpha value is -2.78. The lowest BCUT2D eigenvalue weighted by Gasteiger charge is -2.34. The monoisotopic (exact) mass is 635 g/mol. The molecule has 1 N–H and O–H groups in total. The summed E-state index contributed by atoms with van der Waals surface area (Å²) in [5, 5.41) is 3.87. The van der Waals surface area contributed by atoms with Crippen molar-refractivity contribution in [2.75, 3.05) is 10.8 Å². The van der Waals surface area contributed by atoms with Crippen LogP contribution in [0.5, 0.6) is 0 Å². The predicted octanol–water partition coefficient (Wildman–Crippen LogP) is 6.71. The molecule has 0 bridgehead atoms. The molecule has 1 saturated carbocycles. The number of anilines is 1. The van der Waals surface area contributed by atoms with Crippen LogP contribution in [-0.4, -0.2) is 43.8 Å². The van der Waals surface area contributed by atoms with Crippen molar-refractivity contribution in [3.63, 3.8) is 0 Å². The summed E-state index contributed by atoms with van der Waals surface area (Å²) in [6.45, 7) is 1.21. The van der Waals surface area contributed by atoms with Gasteiger partial charge in [-0.1, -0.05) is 91.0 Å². The summed E-state index contributed by atoms with van der Waals surface area (Å²) >= 11 is 19.1. The summed E-state index contributed by atoms with van der Waals surface area (Å²) in [7, 11) is -4.26. The van der Waals surface area contributed by atoms with E-state index in [9.17, 15) is 18.0 Å². The smallest absolute Gasteiger partial charge is 0.264 e. The van der Waals surface area contributed by atoms with Gasteiger partial charge in [0.15, 0.2) is 0 Å². The molecule has 0 heterocycles. The summed E-state index contributed by atoms with van der Waals surface area (Å²) in [5.74, 6) is -0.869. The maximum atomic E-state index is 14.2. The minimum atomic E-state index is -4.26. The zero-order valence-corrected chi connectivity index (χ0v) is 25.7. The maximum absolute atomic E-state index is 14.2. The van der Waals surface area contributed by atoms with Gasteiger partial charge in [0.2, 0.25) is 11.8 Å². The Morgan fingerprint density at radius 2 is 1.59 bits per heavy atom. The molecule has 1 aliphatic carbocycles. The summed E-state index contributed by atoms with van der Waals surface area (Å²) in [6.07, 6.45) is 4.17. The molecule has 41 heavy (non-hydrogen) atoms.